The van der Waals surface area contributed by atoms with Gasteiger partial charge in [-0.2, -0.15) is 0 Å². The normalized spacial score (nSPS) is 12.8. The van der Waals surface area contributed by atoms with Gasteiger partial charge in [-0.25, -0.2) is 0 Å². The van der Waals surface area contributed by atoms with Gasteiger partial charge in [-0.15, -0.1) is 0 Å². The Morgan fingerprint density at radius 2 is 1.35 bits per heavy atom. The average Bonchev–Trinajstić information content (AvgIpc) is 2.37. The Kier molecular flexibility index (Phi) is 5.05. The van der Waals surface area contributed by atoms with E-state index in [4.69, 9.17) is 17.4 Å². The lowest BCUT2D eigenvalue weighted by Gasteiger charge is -2.33. The van der Waals surface area contributed by atoms with Crippen LogP contribution >= 0.6 is 0 Å². The number of rotatable bonds is 6. The molecule has 0 bridgehead atoms. The van der Waals surface area contributed by atoms with Gasteiger partial charge in [-0.3, -0.25) is 0 Å². The highest BCUT2D eigenvalue weighted by Gasteiger charge is 2.47. The zero-order valence-electron chi connectivity index (χ0n) is 11.0. The molecule has 0 fully saturated rings. The minimum Gasteiger partial charge on any atom is -0.398 e. The van der Waals surface area contributed by atoms with Crippen LogP contribution in [0.15, 0.2) is 30.3 Å². The van der Waals surface area contributed by atoms with Crippen molar-refractivity contribution in [3.8, 4) is 0 Å². The van der Waals surface area contributed by atoms with Crippen molar-refractivity contribution in [1.82, 2.24) is 0 Å². The van der Waals surface area contributed by atoms with Crippen molar-refractivity contribution >= 4 is 22.6 Å². The topological polar surface area (TPSA) is 36.9 Å². The highest BCUT2D eigenvalue weighted by atomic mass is 28.5. The predicted octanol–water partition coefficient (Wildman–Crippen LogP) is 1.49. The molecule has 0 atom stereocenters. The van der Waals surface area contributed by atoms with Crippen LogP contribution in [0.3, 0.4) is 0 Å². The molecule has 0 amide bonds. The molecule has 0 aromatic heterocycles. The maximum Gasteiger partial charge on any atom is 0.527 e. The van der Waals surface area contributed by atoms with E-state index < -0.39 is 17.4 Å². The first kappa shape index (κ1) is 14.6. The molecule has 96 valence electrons. The second kappa shape index (κ2) is 5.90. The molecule has 0 saturated carbocycles. The van der Waals surface area contributed by atoms with Crippen molar-refractivity contribution in [2.45, 2.75) is 13.1 Å². The van der Waals surface area contributed by atoms with E-state index in [-0.39, 0.29) is 0 Å². The monoisotopic (exact) mass is 272 g/mol. The summed E-state index contributed by atoms with van der Waals surface area (Å²) >= 11 is 0. The summed E-state index contributed by atoms with van der Waals surface area (Å²) in [5.74, 6) is 0. The van der Waals surface area contributed by atoms with Crippen LogP contribution in [-0.4, -0.2) is 38.7 Å². The molecule has 6 heteroatoms. The molecule has 0 heterocycles. The van der Waals surface area contributed by atoms with Crippen LogP contribution in [0.2, 0.25) is 13.1 Å². The first-order valence-corrected chi connectivity index (χ1v) is 9.95. The van der Waals surface area contributed by atoms with Gasteiger partial charge in [0, 0.05) is 26.5 Å². The molecule has 4 nitrogen and oxygen atoms in total. The number of benzene rings is 1. The Morgan fingerprint density at radius 1 is 0.824 bits per heavy atom. The summed E-state index contributed by atoms with van der Waals surface area (Å²) in [7, 11) is -0.183. The Balaban J connectivity index is 3.06. The Labute approximate surface area is 105 Å². The van der Waals surface area contributed by atoms with E-state index in [0.29, 0.717) is 0 Å². The second-order valence-electron chi connectivity index (χ2n) is 4.04. The fourth-order valence-electron chi connectivity index (χ4n) is 1.47. The Morgan fingerprint density at radius 3 is 1.76 bits per heavy atom. The van der Waals surface area contributed by atoms with Gasteiger partial charge in [-0.1, -0.05) is 30.3 Å². The number of hydrogen-bond acceptors (Lipinski definition) is 4. The Bertz CT molecular complexity index is 339. The molecule has 0 N–H and O–H groups in total. The smallest absolute Gasteiger partial charge is 0.398 e. The van der Waals surface area contributed by atoms with Crippen LogP contribution in [0.5, 0.6) is 0 Å². The highest BCUT2D eigenvalue weighted by Crippen LogP contribution is 2.16. The maximum atomic E-state index is 6.07. The lowest BCUT2D eigenvalue weighted by atomic mass is 10.4. The van der Waals surface area contributed by atoms with Gasteiger partial charge in [-0.05, 0) is 13.1 Å². The van der Waals surface area contributed by atoms with Crippen LogP contribution in [0.25, 0.3) is 0 Å². The molecule has 0 aliphatic rings. The van der Waals surface area contributed by atoms with E-state index in [1.807, 2.05) is 43.4 Å². The summed E-state index contributed by atoms with van der Waals surface area (Å²) in [5.41, 5.74) is 0. The van der Waals surface area contributed by atoms with Crippen molar-refractivity contribution in [2.24, 2.45) is 0 Å². The van der Waals surface area contributed by atoms with Gasteiger partial charge in [0.2, 0.25) is 0 Å². The zero-order valence-corrected chi connectivity index (χ0v) is 13.0. The van der Waals surface area contributed by atoms with E-state index in [0.717, 1.165) is 5.19 Å². The summed E-state index contributed by atoms with van der Waals surface area (Å²) in [4.78, 5) is 0. The van der Waals surface area contributed by atoms with Crippen molar-refractivity contribution in [2.75, 3.05) is 21.3 Å². The molecule has 0 aliphatic heterocycles. The third-order valence-electron chi connectivity index (χ3n) is 2.54. The van der Waals surface area contributed by atoms with E-state index in [9.17, 15) is 0 Å². The lowest BCUT2D eigenvalue weighted by Crippen LogP contribution is -2.61. The molecule has 0 radical (unpaired) electrons. The van der Waals surface area contributed by atoms with E-state index in [2.05, 4.69) is 0 Å². The summed E-state index contributed by atoms with van der Waals surface area (Å²) < 4.78 is 22.6. The van der Waals surface area contributed by atoms with Crippen LogP contribution in [0.4, 0.5) is 0 Å². The zero-order chi connectivity index (χ0) is 12.9. The first-order chi connectivity index (χ1) is 7.99. The summed E-state index contributed by atoms with van der Waals surface area (Å²) in [6.07, 6.45) is 0. The summed E-state index contributed by atoms with van der Waals surface area (Å²) in [6.45, 7) is 3.94. The molecule has 0 aliphatic carbocycles. The lowest BCUT2D eigenvalue weighted by molar-refractivity contribution is 0.153. The number of hydrogen-bond donors (Lipinski definition) is 0. The summed E-state index contributed by atoms with van der Waals surface area (Å²) in [5, 5.41) is 0.947. The molecular weight excluding hydrogens is 252 g/mol. The molecule has 0 spiro atoms. The molecule has 17 heavy (non-hydrogen) atoms. The van der Waals surface area contributed by atoms with Crippen LogP contribution < -0.4 is 5.19 Å². The fraction of sp³-hybridized carbons (Fsp3) is 0.455. The van der Waals surface area contributed by atoms with Crippen molar-refractivity contribution in [3.05, 3.63) is 30.3 Å². The quantitative estimate of drug-likeness (QED) is 0.735. The molecule has 1 aromatic rings. The molecule has 0 saturated heterocycles. The molecular formula is C11H20O4Si2. The second-order valence-corrected chi connectivity index (χ2v) is 10.6. The molecule has 1 rings (SSSR count). The fourth-order valence-corrected chi connectivity index (χ4v) is 6.77. The van der Waals surface area contributed by atoms with Gasteiger partial charge in [0.05, 0.1) is 0 Å². The minimum atomic E-state index is -2.84. The van der Waals surface area contributed by atoms with Gasteiger partial charge in [0.15, 0.2) is 0 Å². The summed E-state index contributed by atoms with van der Waals surface area (Å²) in [6, 6.07) is 9.76. The van der Waals surface area contributed by atoms with E-state index >= 15 is 0 Å². The maximum absolute atomic E-state index is 6.07. The third kappa shape index (κ3) is 3.47. The van der Waals surface area contributed by atoms with Crippen LogP contribution in [0.1, 0.15) is 0 Å². The molecule has 0 unspecified atom stereocenters. The van der Waals surface area contributed by atoms with Crippen LogP contribution in [0, 0.1) is 0 Å². The molecule has 1 aromatic carbocycles. The van der Waals surface area contributed by atoms with Crippen LogP contribution in [-0.2, 0) is 17.4 Å². The standard InChI is InChI=1S/C11H20O4Si2/c1-12-16(4,5)15-17(13-2,14-3)11-9-7-6-8-10-11/h6-10H,1-5H3. The van der Waals surface area contributed by atoms with Gasteiger partial charge < -0.3 is 17.4 Å². The van der Waals surface area contributed by atoms with Gasteiger partial charge >= 0.3 is 17.4 Å². The van der Waals surface area contributed by atoms with Gasteiger partial charge in [0.1, 0.15) is 0 Å². The van der Waals surface area contributed by atoms with Crippen molar-refractivity contribution in [3.63, 3.8) is 0 Å². The predicted molar refractivity (Wildman–Crippen MR) is 71.4 cm³/mol. The highest BCUT2D eigenvalue weighted by molar-refractivity contribution is 6.84. The van der Waals surface area contributed by atoms with Gasteiger partial charge in [0.25, 0.3) is 0 Å². The van der Waals surface area contributed by atoms with Crippen molar-refractivity contribution in [1.29, 1.82) is 0 Å². The minimum absolute atomic E-state index is 0.947. The average molecular weight is 272 g/mol. The van der Waals surface area contributed by atoms with E-state index in [1.54, 1.807) is 21.3 Å². The SMILES string of the molecule is CO[Si](C)(C)O[Si](OC)(OC)c1ccccc1. The van der Waals surface area contributed by atoms with Crippen molar-refractivity contribution < 1.29 is 17.4 Å². The Hall–Kier alpha value is -0.506. The van der Waals surface area contributed by atoms with E-state index in [1.165, 1.54) is 0 Å². The third-order valence-corrected chi connectivity index (χ3v) is 8.68. The first-order valence-electron chi connectivity index (χ1n) is 5.41. The largest absolute Gasteiger partial charge is 0.527 e.